The lowest BCUT2D eigenvalue weighted by Gasteiger charge is -2.37. The van der Waals surface area contributed by atoms with E-state index in [-0.39, 0.29) is 36.9 Å². The van der Waals surface area contributed by atoms with Gasteiger partial charge < -0.3 is 9.64 Å². The van der Waals surface area contributed by atoms with Crippen molar-refractivity contribution in [2.45, 2.75) is 19.4 Å². The van der Waals surface area contributed by atoms with E-state index in [9.17, 15) is 14.4 Å². The van der Waals surface area contributed by atoms with Crippen molar-refractivity contribution in [2.24, 2.45) is 0 Å². The zero-order valence-electron chi connectivity index (χ0n) is 15.1. The number of hydrogen-bond acceptors (Lipinski definition) is 5. The lowest BCUT2D eigenvalue weighted by atomic mass is 10.1. The van der Waals surface area contributed by atoms with Crippen molar-refractivity contribution in [3.05, 3.63) is 35.9 Å². The fourth-order valence-electron chi connectivity index (χ4n) is 3.37. The highest BCUT2D eigenvalue weighted by Gasteiger charge is 2.36. The Morgan fingerprint density at radius 1 is 1.08 bits per heavy atom. The summed E-state index contributed by atoms with van der Waals surface area (Å²) in [5, 5.41) is 0. The summed E-state index contributed by atoms with van der Waals surface area (Å²) in [5.74, 6) is -0.782. The molecule has 2 fully saturated rings. The number of piperazine rings is 1. The quantitative estimate of drug-likeness (QED) is 0.700. The van der Waals surface area contributed by atoms with Gasteiger partial charge in [-0.15, -0.1) is 0 Å². The minimum Gasteiger partial charge on any atom is -0.379 e. The second-order valence-corrected chi connectivity index (χ2v) is 6.69. The topological polar surface area (TPSA) is 70.2 Å². The lowest BCUT2D eigenvalue weighted by Crippen LogP contribution is -2.59. The van der Waals surface area contributed by atoms with Gasteiger partial charge in [0, 0.05) is 19.6 Å². The number of hydrogen-bond donors (Lipinski definition) is 0. The lowest BCUT2D eigenvalue weighted by molar-refractivity contribution is -0.158. The van der Waals surface area contributed by atoms with Crippen molar-refractivity contribution >= 4 is 17.7 Å². The monoisotopic (exact) mass is 359 g/mol. The smallest absolute Gasteiger partial charge is 0.248 e. The second-order valence-electron chi connectivity index (χ2n) is 6.69. The average Bonchev–Trinajstić information content (AvgIpc) is 2.67. The van der Waals surface area contributed by atoms with Gasteiger partial charge in [0.1, 0.15) is 13.1 Å². The summed E-state index contributed by atoms with van der Waals surface area (Å²) in [6.45, 7) is 4.68. The zero-order valence-corrected chi connectivity index (χ0v) is 15.1. The normalized spacial score (nSPS) is 20.3. The van der Waals surface area contributed by atoms with Crippen molar-refractivity contribution < 1.29 is 19.1 Å². The number of carbonyl (C=O) groups excluding carboxylic acids is 3. The molecule has 140 valence electrons. The van der Waals surface area contributed by atoms with Crippen LogP contribution < -0.4 is 0 Å². The Bertz CT molecular complexity index is 640. The Balaban J connectivity index is 1.56. The summed E-state index contributed by atoms with van der Waals surface area (Å²) in [6.07, 6.45) is 0.621. The minimum atomic E-state index is -0.352. The predicted octanol–water partition coefficient (Wildman–Crippen LogP) is 0.147. The van der Waals surface area contributed by atoms with Crippen LogP contribution in [0.3, 0.4) is 0 Å². The summed E-state index contributed by atoms with van der Waals surface area (Å²) in [4.78, 5) is 42.2. The molecule has 0 spiro atoms. The van der Waals surface area contributed by atoms with Gasteiger partial charge in [-0.25, -0.2) is 0 Å². The SMILES string of the molecule is C[C@@H](C(=O)N1CC(=O)N(CCc2ccccc2)C(=O)C1)N1CCOCC1. The van der Waals surface area contributed by atoms with Crippen LogP contribution in [-0.2, 0) is 25.5 Å². The molecular weight excluding hydrogens is 334 g/mol. The summed E-state index contributed by atoms with van der Waals surface area (Å²) < 4.78 is 5.31. The van der Waals surface area contributed by atoms with E-state index in [0.29, 0.717) is 39.3 Å². The Labute approximate surface area is 153 Å². The maximum absolute atomic E-state index is 12.7. The minimum absolute atomic E-state index is 0.0337. The maximum atomic E-state index is 12.7. The van der Waals surface area contributed by atoms with Crippen LogP contribution in [0.4, 0.5) is 0 Å². The van der Waals surface area contributed by atoms with Crippen molar-refractivity contribution in [3.8, 4) is 0 Å². The molecule has 0 saturated carbocycles. The standard InChI is InChI=1S/C19H25N3O4/c1-15(20-9-11-26-12-10-20)19(25)21-13-17(23)22(18(24)14-21)8-7-16-5-3-2-4-6-16/h2-6,15H,7-14H2,1H3/t15-/m0/s1. The van der Waals surface area contributed by atoms with Gasteiger partial charge in [-0.05, 0) is 18.9 Å². The Hall–Kier alpha value is -2.25. The third kappa shape index (κ3) is 4.28. The van der Waals surface area contributed by atoms with E-state index < -0.39 is 0 Å². The van der Waals surface area contributed by atoms with Gasteiger partial charge in [-0.2, -0.15) is 0 Å². The number of amides is 3. The van der Waals surface area contributed by atoms with Crippen molar-refractivity contribution in [1.82, 2.24) is 14.7 Å². The maximum Gasteiger partial charge on any atom is 0.248 e. The molecule has 3 rings (SSSR count). The van der Waals surface area contributed by atoms with E-state index in [1.807, 2.05) is 42.2 Å². The third-order valence-electron chi connectivity index (χ3n) is 4.98. The van der Waals surface area contributed by atoms with Gasteiger partial charge in [-0.3, -0.25) is 24.2 Å². The van der Waals surface area contributed by atoms with Crippen LogP contribution in [0.1, 0.15) is 12.5 Å². The molecule has 1 aromatic carbocycles. The molecule has 0 aromatic heterocycles. The molecule has 2 aliphatic rings. The third-order valence-corrected chi connectivity index (χ3v) is 4.98. The van der Waals surface area contributed by atoms with Gasteiger partial charge in [-0.1, -0.05) is 30.3 Å². The number of carbonyl (C=O) groups is 3. The van der Waals surface area contributed by atoms with E-state index in [1.165, 1.54) is 9.80 Å². The molecule has 7 heteroatoms. The van der Waals surface area contributed by atoms with Crippen LogP contribution in [0.2, 0.25) is 0 Å². The van der Waals surface area contributed by atoms with Gasteiger partial charge in [0.25, 0.3) is 0 Å². The summed E-state index contributed by atoms with van der Waals surface area (Å²) in [6, 6.07) is 9.39. The van der Waals surface area contributed by atoms with Gasteiger partial charge in [0.05, 0.1) is 19.3 Å². The average molecular weight is 359 g/mol. The van der Waals surface area contributed by atoms with Crippen LogP contribution in [0.25, 0.3) is 0 Å². The van der Waals surface area contributed by atoms with Crippen molar-refractivity contribution in [1.29, 1.82) is 0 Å². The molecule has 0 bridgehead atoms. The molecule has 2 heterocycles. The molecule has 1 atom stereocenters. The molecular formula is C19H25N3O4. The summed E-state index contributed by atoms with van der Waals surface area (Å²) in [5.41, 5.74) is 1.08. The van der Waals surface area contributed by atoms with E-state index in [0.717, 1.165) is 5.56 Å². The highest BCUT2D eigenvalue weighted by atomic mass is 16.5. The number of imide groups is 1. The van der Waals surface area contributed by atoms with Crippen LogP contribution in [0, 0.1) is 0 Å². The predicted molar refractivity (Wildman–Crippen MR) is 95.3 cm³/mol. The molecule has 0 aliphatic carbocycles. The molecule has 0 N–H and O–H groups in total. The zero-order chi connectivity index (χ0) is 18.5. The molecule has 26 heavy (non-hydrogen) atoms. The fourth-order valence-corrected chi connectivity index (χ4v) is 3.37. The van der Waals surface area contributed by atoms with E-state index in [2.05, 4.69) is 0 Å². The molecule has 7 nitrogen and oxygen atoms in total. The molecule has 2 saturated heterocycles. The van der Waals surface area contributed by atoms with Crippen molar-refractivity contribution in [3.63, 3.8) is 0 Å². The molecule has 0 unspecified atom stereocenters. The van der Waals surface area contributed by atoms with Crippen LogP contribution >= 0.6 is 0 Å². The Morgan fingerprint density at radius 3 is 2.31 bits per heavy atom. The van der Waals surface area contributed by atoms with E-state index in [4.69, 9.17) is 4.74 Å². The highest BCUT2D eigenvalue weighted by molar-refractivity contribution is 6.03. The fraction of sp³-hybridized carbons (Fsp3) is 0.526. The summed E-state index contributed by atoms with van der Waals surface area (Å²) >= 11 is 0. The number of nitrogens with zero attached hydrogens (tertiary/aromatic N) is 3. The highest BCUT2D eigenvalue weighted by Crippen LogP contribution is 2.12. The number of rotatable bonds is 5. The summed E-state index contributed by atoms with van der Waals surface area (Å²) in [7, 11) is 0. The first-order chi connectivity index (χ1) is 12.6. The second kappa shape index (κ2) is 8.42. The number of morpholine rings is 1. The van der Waals surface area contributed by atoms with Gasteiger partial charge in [0.2, 0.25) is 17.7 Å². The van der Waals surface area contributed by atoms with Crippen LogP contribution in [0.5, 0.6) is 0 Å². The number of benzene rings is 1. The molecule has 2 aliphatic heterocycles. The van der Waals surface area contributed by atoms with Crippen LogP contribution in [-0.4, -0.2) is 84.4 Å². The van der Waals surface area contributed by atoms with Gasteiger partial charge >= 0.3 is 0 Å². The van der Waals surface area contributed by atoms with E-state index in [1.54, 1.807) is 0 Å². The first kappa shape index (κ1) is 18.5. The first-order valence-corrected chi connectivity index (χ1v) is 9.04. The molecule has 3 amide bonds. The van der Waals surface area contributed by atoms with E-state index >= 15 is 0 Å². The molecule has 0 radical (unpaired) electrons. The molecule has 1 aromatic rings. The Kier molecular flexibility index (Phi) is 6.00. The van der Waals surface area contributed by atoms with Gasteiger partial charge in [0.15, 0.2) is 0 Å². The number of ether oxygens (including phenoxy) is 1. The Morgan fingerprint density at radius 2 is 1.69 bits per heavy atom. The largest absolute Gasteiger partial charge is 0.379 e. The first-order valence-electron chi connectivity index (χ1n) is 9.04. The van der Waals surface area contributed by atoms with Crippen molar-refractivity contribution in [2.75, 3.05) is 45.9 Å². The van der Waals surface area contributed by atoms with Crippen LogP contribution in [0.15, 0.2) is 30.3 Å².